The van der Waals surface area contributed by atoms with Gasteiger partial charge in [-0.05, 0) is 73.6 Å². The number of rotatable bonds is 5. The van der Waals surface area contributed by atoms with E-state index in [2.05, 4.69) is 158 Å². The van der Waals surface area contributed by atoms with Gasteiger partial charge in [0, 0.05) is 11.3 Å². The Morgan fingerprint density at radius 1 is 0.465 bits per heavy atom. The van der Waals surface area contributed by atoms with Gasteiger partial charge in [0.2, 0.25) is 0 Å². The van der Waals surface area contributed by atoms with E-state index < -0.39 is 0 Å². The summed E-state index contributed by atoms with van der Waals surface area (Å²) in [5, 5.41) is 7.21. The van der Waals surface area contributed by atoms with Crippen LogP contribution < -0.4 is 0 Å². The van der Waals surface area contributed by atoms with Crippen LogP contribution in [0, 0.1) is 0 Å². The van der Waals surface area contributed by atoms with Gasteiger partial charge in [-0.1, -0.05) is 146 Å². The standard InChI is InChI=1S/C41H30N2/c1-28(30-18-22-34(23-19-30)40-17-9-15-33-12-7-8-16-39(33)40)42-41(38-25-21-32-11-4-6-14-37(32)27-38)43-29(2)35-24-20-31-10-3-5-13-36(31)26-35/h3-27H,1H2,2H3. The molecule has 2 nitrogen and oxygen atoms in total. The van der Waals surface area contributed by atoms with Crippen molar-refractivity contribution in [3.05, 3.63) is 175 Å². The zero-order valence-electron chi connectivity index (χ0n) is 24.0. The van der Waals surface area contributed by atoms with Crippen molar-refractivity contribution in [2.45, 2.75) is 6.92 Å². The van der Waals surface area contributed by atoms with Gasteiger partial charge in [0.25, 0.3) is 0 Å². The average Bonchev–Trinajstić information content (AvgIpc) is 3.07. The molecular formula is C41H30N2. The third kappa shape index (κ3) is 5.39. The molecule has 0 spiro atoms. The summed E-state index contributed by atoms with van der Waals surface area (Å²) in [7, 11) is 0. The van der Waals surface area contributed by atoms with Gasteiger partial charge >= 0.3 is 0 Å². The van der Waals surface area contributed by atoms with Crippen LogP contribution in [0.4, 0.5) is 0 Å². The highest BCUT2D eigenvalue weighted by Crippen LogP contribution is 2.30. The molecule has 204 valence electrons. The van der Waals surface area contributed by atoms with E-state index in [1.165, 1.54) is 32.5 Å². The van der Waals surface area contributed by atoms with Crippen LogP contribution >= 0.6 is 0 Å². The molecule has 0 heterocycles. The van der Waals surface area contributed by atoms with E-state index in [0.29, 0.717) is 11.5 Å². The zero-order valence-corrected chi connectivity index (χ0v) is 24.0. The molecule has 0 saturated heterocycles. The Labute approximate surface area is 252 Å². The molecule has 0 aliphatic rings. The quantitative estimate of drug-likeness (QED) is 0.150. The Balaban J connectivity index is 1.27. The number of fused-ring (bicyclic) bond motifs is 3. The van der Waals surface area contributed by atoms with E-state index in [0.717, 1.165) is 33.4 Å². The summed E-state index contributed by atoms with van der Waals surface area (Å²) in [6.45, 7) is 6.41. The Kier molecular flexibility index (Phi) is 6.94. The topological polar surface area (TPSA) is 24.7 Å². The fourth-order valence-electron chi connectivity index (χ4n) is 5.63. The first-order valence-corrected chi connectivity index (χ1v) is 14.5. The Hall–Kier alpha value is -5.60. The van der Waals surface area contributed by atoms with Crippen LogP contribution in [0.1, 0.15) is 23.6 Å². The van der Waals surface area contributed by atoms with Crippen molar-refractivity contribution < 1.29 is 0 Å². The Bertz CT molecular complexity index is 2200. The Morgan fingerprint density at radius 2 is 1.00 bits per heavy atom. The normalized spacial score (nSPS) is 12.2. The molecule has 0 atom stereocenters. The molecule has 7 aromatic rings. The number of aliphatic imine (C=N–C) groups is 2. The molecule has 0 unspecified atom stereocenters. The monoisotopic (exact) mass is 550 g/mol. The predicted molar refractivity (Wildman–Crippen MR) is 185 cm³/mol. The molecule has 43 heavy (non-hydrogen) atoms. The van der Waals surface area contributed by atoms with Gasteiger partial charge in [0.1, 0.15) is 0 Å². The van der Waals surface area contributed by atoms with Crippen molar-refractivity contribution in [1.82, 2.24) is 0 Å². The van der Waals surface area contributed by atoms with E-state index in [1.54, 1.807) is 0 Å². The summed E-state index contributed by atoms with van der Waals surface area (Å²) in [6.07, 6.45) is 0. The van der Waals surface area contributed by atoms with E-state index >= 15 is 0 Å². The van der Waals surface area contributed by atoms with Crippen LogP contribution in [-0.2, 0) is 0 Å². The minimum absolute atomic E-state index is 0.638. The van der Waals surface area contributed by atoms with Crippen LogP contribution in [-0.4, -0.2) is 11.5 Å². The van der Waals surface area contributed by atoms with Gasteiger partial charge in [-0.2, -0.15) is 0 Å². The lowest BCUT2D eigenvalue weighted by Gasteiger charge is -2.10. The molecule has 2 heteroatoms. The third-order valence-corrected chi connectivity index (χ3v) is 8.01. The van der Waals surface area contributed by atoms with Gasteiger partial charge in [-0.25, -0.2) is 9.98 Å². The maximum Gasteiger partial charge on any atom is 0.160 e. The summed E-state index contributed by atoms with van der Waals surface area (Å²) in [5.41, 5.74) is 6.92. The SMILES string of the molecule is C=C(N=C(N=C(C)c1ccc2ccccc2c1)c1ccc2ccccc2c1)c1ccc(-c2cccc3ccccc23)cc1. The predicted octanol–water partition coefficient (Wildman–Crippen LogP) is 10.7. The largest absolute Gasteiger partial charge is 0.233 e. The van der Waals surface area contributed by atoms with Crippen LogP contribution in [0.15, 0.2) is 168 Å². The number of amidine groups is 1. The third-order valence-electron chi connectivity index (χ3n) is 8.01. The molecule has 0 fully saturated rings. The van der Waals surface area contributed by atoms with Crippen molar-refractivity contribution in [3.63, 3.8) is 0 Å². The van der Waals surface area contributed by atoms with Crippen molar-refractivity contribution in [2.24, 2.45) is 9.98 Å². The lowest BCUT2D eigenvalue weighted by Crippen LogP contribution is -2.04. The molecule has 7 aromatic carbocycles. The van der Waals surface area contributed by atoms with Gasteiger partial charge in [-0.3, -0.25) is 0 Å². The Morgan fingerprint density at radius 3 is 1.70 bits per heavy atom. The molecule has 0 N–H and O–H groups in total. The molecule has 0 radical (unpaired) electrons. The molecule has 0 aliphatic heterocycles. The second-order valence-corrected chi connectivity index (χ2v) is 10.8. The first kappa shape index (κ1) is 26.3. The fraction of sp³-hybridized carbons (Fsp3) is 0.0244. The lowest BCUT2D eigenvalue weighted by molar-refractivity contribution is 1.45. The van der Waals surface area contributed by atoms with Gasteiger partial charge in [0.05, 0.1) is 5.70 Å². The maximum absolute atomic E-state index is 5.10. The maximum atomic E-state index is 5.10. The van der Waals surface area contributed by atoms with E-state index in [4.69, 9.17) is 9.98 Å². The highest BCUT2D eigenvalue weighted by atomic mass is 14.9. The summed E-state index contributed by atoms with van der Waals surface area (Å²) >= 11 is 0. The van der Waals surface area contributed by atoms with E-state index in [1.807, 2.05) is 6.92 Å². The second kappa shape index (κ2) is 11.3. The van der Waals surface area contributed by atoms with Gasteiger partial charge < -0.3 is 0 Å². The van der Waals surface area contributed by atoms with Gasteiger partial charge in [-0.15, -0.1) is 0 Å². The number of benzene rings is 7. The molecule has 0 saturated carbocycles. The minimum atomic E-state index is 0.638. The average molecular weight is 551 g/mol. The van der Waals surface area contributed by atoms with E-state index in [-0.39, 0.29) is 0 Å². The highest BCUT2D eigenvalue weighted by molar-refractivity contribution is 6.14. The van der Waals surface area contributed by atoms with Crippen molar-refractivity contribution in [3.8, 4) is 11.1 Å². The molecule has 0 amide bonds. The molecule has 0 aromatic heterocycles. The fourth-order valence-corrected chi connectivity index (χ4v) is 5.63. The summed E-state index contributed by atoms with van der Waals surface area (Å²) < 4.78 is 0. The number of hydrogen-bond acceptors (Lipinski definition) is 1. The lowest BCUT2D eigenvalue weighted by atomic mass is 9.97. The number of nitrogens with zero attached hydrogens (tertiary/aromatic N) is 2. The summed E-state index contributed by atoms with van der Waals surface area (Å²) in [5.74, 6) is 0.638. The van der Waals surface area contributed by atoms with Crippen LogP contribution in [0.25, 0.3) is 49.1 Å². The molecular weight excluding hydrogens is 520 g/mol. The summed E-state index contributed by atoms with van der Waals surface area (Å²) in [6, 6.07) is 53.0. The van der Waals surface area contributed by atoms with Crippen molar-refractivity contribution in [2.75, 3.05) is 0 Å². The highest BCUT2D eigenvalue weighted by Gasteiger charge is 2.10. The first-order valence-electron chi connectivity index (χ1n) is 14.5. The van der Waals surface area contributed by atoms with Crippen LogP contribution in [0.2, 0.25) is 0 Å². The minimum Gasteiger partial charge on any atom is -0.233 e. The number of hydrogen-bond donors (Lipinski definition) is 0. The smallest absolute Gasteiger partial charge is 0.160 e. The second-order valence-electron chi connectivity index (χ2n) is 10.8. The first-order chi connectivity index (χ1) is 21.1. The molecule has 0 bridgehead atoms. The van der Waals surface area contributed by atoms with E-state index in [9.17, 15) is 0 Å². The van der Waals surface area contributed by atoms with Crippen LogP contribution in [0.3, 0.4) is 0 Å². The summed E-state index contributed by atoms with van der Waals surface area (Å²) in [4.78, 5) is 10.1. The molecule has 7 rings (SSSR count). The van der Waals surface area contributed by atoms with Crippen LogP contribution in [0.5, 0.6) is 0 Å². The van der Waals surface area contributed by atoms with Gasteiger partial charge in [0.15, 0.2) is 5.84 Å². The molecule has 0 aliphatic carbocycles. The van der Waals surface area contributed by atoms with Crippen molar-refractivity contribution in [1.29, 1.82) is 0 Å². The zero-order chi connectivity index (χ0) is 29.2. The van der Waals surface area contributed by atoms with Crippen molar-refractivity contribution >= 4 is 49.6 Å².